The highest BCUT2D eigenvalue weighted by atomic mass is 79.9. The Labute approximate surface area is 96.2 Å². The predicted molar refractivity (Wildman–Crippen MR) is 54.2 cm³/mol. The van der Waals surface area contributed by atoms with Crippen LogP contribution in [-0.4, -0.2) is 29.8 Å². The van der Waals surface area contributed by atoms with Crippen LogP contribution in [0.15, 0.2) is 0 Å². The third kappa shape index (κ3) is 2.92. The average molecular weight is 281 g/mol. The molecule has 0 aliphatic carbocycles. The number of carbonyl (C=O) groups is 2. The molecule has 1 fully saturated rings. The van der Waals surface area contributed by atoms with E-state index in [4.69, 9.17) is 9.47 Å². The number of esters is 2. The molecular formula is C9H13BrO5. The third-order valence-corrected chi connectivity index (χ3v) is 2.70. The Morgan fingerprint density at radius 3 is 2.67 bits per heavy atom. The smallest absolute Gasteiger partial charge is 0.379 e. The molecule has 0 aromatic heterocycles. The molecule has 0 spiro atoms. The van der Waals surface area contributed by atoms with E-state index in [9.17, 15) is 9.59 Å². The summed E-state index contributed by atoms with van der Waals surface area (Å²) >= 11 is 3.23. The van der Waals surface area contributed by atoms with Crippen LogP contribution < -0.4 is 0 Å². The molecule has 0 N–H and O–H groups in total. The van der Waals surface area contributed by atoms with Crippen molar-refractivity contribution >= 4 is 27.9 Å². The molecule has 1 heterocycles. The average Bonchev–Trinajstić information content (AvgIpc) is 2.15. The van der Waals surface area contributed by atoms with Crippen molar-refractivity contribution < 1.29 is 23.8 Å². The van der Waals surface area contributed by atoms with Crippen LogP contribution in [-0.2, 0) is 23.8 Å². The summed E-state index contributed by atoms with van der Waals surface area (Å²) < 4.78 is 14.9. The molecule has 86 valence electrons. The second-order valence-electron chi connectivity index (χ2n) is 3.26. The summed E-state index contributed by atoms with van der Waals surface area (Å²) in [6.45, 7) is 1.23. The van der Waals surface area contributed by atoms with Crippen LogP contribution in [0.4, 0.5) is 0 Å². The van der Waals surface area contributed by atoms with E-state index in [-0.39, 0.29) is 5.01 Å². The van der Waals surface area contributed by atoms with E-state index >= 15 is 0 Å². The first-order chi connectivity index (χ1) is 7.00. The number of ether oxygens (including phenoxy) is 3. The molecule has 0 aromatic rings. The molecule has 1 aliphatic heterocycles. The summed E-state index contributed by atoms with van der Waals surface area (Å²) in [5, 5.41) is -0.301. The number of methoxy groups -OCH3 is 1. The van der Waals surface area contributed by atoms with Gasteiger partial charge in [-0.25, -0.2) is 4.79 Å². The molecule has 0 amide bonds. The SMILES string of the molecule is COC(=O)C1(OC(C)=O)CCCC(Br)O1. The number of hydrogen-bond donors (Lipinski definition) is 0. The molecule has 0 saturated carbocycles. The van der Waals surface area contributed by atoms with Crippen LogP contribution in [0.1, 0.15) is 26.2 Å². The summed E-state index contributed by atoms with van der Waals surface area (Å²) in [6, 6.07) is 0. The molecule has 1 aliphatic rings. The maximum Gasteiger partial charge on any atom is 0.379 e. The first-order valence-corrected chi connectivity index (χ1v) is 5.51. The van der Waals surface area contributed by atoms with Crippen LogP contribution in [0.25, 0.3) is 0 Å². The fraction of sp³-hybridized carbons (Fsp3) is 0.778. The van der Waals surface area contributed by atoms with Gasteiger partial charge in [-0.15, -0.1) is 0 Å². The molecule has 0 bridgehead atoms. The van der Waals surface area contributed by atoms with Crippen LogP contribution in [0, 0.1) is 0 Å². The van der Waals surface area contributed by atoms with Crippen molar-refractivity contribution in [3.63, 3.8) is 0 Å². The molecule has 2 atom stereocenters. The maximum atomic E-state index is 11.5. The first-order valence-electron chi connectivity index (χ1n) is 4.60. The monoisotopic (exact) mass is 280 g/mol. The number of alkyl halides is 1. The second-order valence-corrected chi connectivity index (χ2v) is 4.28. The Morgan fingerprint density at radius 2 is 2.20 bits per heavy atom. The molecule has 1 rings (SSSR count). The molecular weight excluding hydrogens is 268 g/mol. The Hall–Kier alpha value is -0.620. The van der Waals surface area contributed by atoms with Crippen molar-refractivity contribution in [1.82, 2.24) is 0 Å². The van der Waals surface area contributed by atoms with Crippen molar-refractivity contribution in [3.8, 4) is 0 Å². The standard InChI is InChI=1S/C9H13BrO5/c1-6(11)14-9(8(12)13-2)5-3-4-7(10)15-9/h7H,3-5H2,1-2H3. The van der Waals surface area contributed by atoms with Gasteiger partial charge in [0.1, 0.15) is 5.01 Å². The van der Waals surface area contributed by atoms with E-state index in [0.717, 1.165) is 12.8 Å². The van der Waals surface area contributed by atoms with Crippen LogP contribution in [0.2, 0.25) is 0 Å². The molecule has 0 radical (unpaired) electrons. The van der Waals surface area contributed by atoms with Crippen molar-refractivity contribution in [1.29, 1.82) is 0 Å². The number of hydrogen-bond acceptors (Lipinski definition) is 5. The van der Waals surface area contributed by atoms with E-state index in [1.165, 1.54) is 14.0 Å². The summed E-state index contributed by atoms with van der Waals surface area (Å²) in [5.74, 6) is -2.82. The Balaban J connectivity index is 2.84. The molecule has 6 heteroatoms. The minimum atomic E-state index is -1.58. The lowest BCUT2D eigenvalue weighted by Gasteiger charge is -2.35. The lowest BCUT2D eigenvalue weighted by Crippen LogP contribution is -2.50. The van der Waals surface area contributed by atoms with Crippen molar-refractivity contribution in [3.05, 3.63) is 0 Å². The minimum absolute atomic E-state index is 0.301. The molecule has 0 aromatic carbocycles. The number of carbonyl (C=O) groups excluding carboxylic acids is 2. The topological polar surface area (TPSA) is 61.8 Å². The van der Waals surface area contributed by atoms with Gasteiger partial charge in [0, 0.05) is 13.3 Å². The van der Waals surface area contributed by atoms with Gasteiger partial charge in [-0.05, 0) is 12.8 Å². The molecule has 2 unspecified atom stereocenters. The molecule has 1 saturated heterocycles. The largest absolute Gasteiger partial charge is 0.464 e. The summed E-state index contributed by atoms with van der Waals surface area (Å²) in [6.07, 6.45) is 1.81. The van der Waals surface area contributed by atoms with Crippen molar-refractivity contribution in [2.45, 2.75) is 37.0 Å². The van der Waals surface area contributed by atoms with E-state index in [2.05, 4.69) is 20.7 Å². The van der Waals surface area contributed by atoms with Gasteiger partial charge in [-0.1, -0.05) is 15.9 Å². The predicted octanol–water partition coefficient (Wildman–Crippen LogP) is 1.34. The minimum Gasteiger partial charge on any atom is -0.464 e. The third-order valence-electron chi connectivity index (χ3n) is 2.06. The van der Waals surface area contributed by atoms with Gasteiger partial charge in [0.25, 0.3) is 0 Å². The normalized spacial score (nSPS) is 30.7. The number of rotatable bonds is 2. The van der Waals surface area contributed by atoms with E-state index < -0.39 is 17.7 Å². The van der Waals surface area contributed by atoms with E-state index in [1.54, 1.807) is 0 Å². The zero-order valence-electron chi connectivity index (χ0n) is 8.62. The summed E-state index contributed by atoms with van der Waals surface area (Å²) in [7, 11) is 1.23. The molecule has 5 nitrogen and oxygen atoms in total. The zero-order valence-corrected chi connectivity index (χ0v) is 10.2. The van der Waals surface area contributed by atoms with Crippen molar-refractivity contribution in [2.75, 3.05) is 7.11 Å². The molecule has 15 heavy (non-hydrogen) atoms. The van der Waals surface area contributed by atoms with Crippen LogP contribution in [0.5, 0.6) is 0 Å². The van der Waals surface area contributed by atoms with Crippen molar-refractivity contribution in [2.24, 2.45) is 0 Å². The van der Waals surface area contributed by atoms with Gasteiger partial charge in [0.05, 0.1) is 7.11 Å². The maximum absolute atomic E-state index is 11.5. The first kappa shape index (κ1) is 12.4. The van der Waals surface area contributed by atoms with Crippen LogP contribution >= 0.6 is 15.9 Å². The summed E-state index contributed by atoms with van der Waals surface area (Å²) in [5.41, 5.74) is 0. The second kappa shape index (κ2) is 4.94. The lowest BCUT2D eigenvalue weighted by atomic mass is 10.1. The Kier molecular flexibility index (Phi) is 4.10. The van der Waals surface area contributed by atoms with Gasteiger partial charge in [0.2, 0.25) is 0 Å². The van der Waals surface area contributed by atoms with Gasteiger partial charge in [-0.2, -0.15) is 0 Å². The Morgan fingerprint density at radius 1 is 1.53 bits per heavy atom. The fourth-order valence-electron chi connectivity index (χ4n) is 1.47. The van der Waals surface area contributed by atoms with Gasteiger partial charge >= 0.3 is 17.7 Å². The Bertz CT molecular complexity index is 267. The highest BCUT2D eigenvalue weighted by molar-refractivity contribution is 9.09. The summed E-state index contributed by atoms with van der Waals surface area (Å²) in [4.78, 5) is 22.4. The highest BCUT2D eigenvalue weighted by Crippen LogP contribution is 2.33. The van der Waals surface area contributed by atoms with Gasteiger partial charge < -0.3 is 14.2 Å². The van der Waals surface area contributed by atoms with Gasteiger partial charge in [0.15, 0.2) is 0 Å². The van der Waals surface area contributed by atoms with Crippen LogP contribution in [0.3, 0.4) is 0 Å². The van der Waals surface area contributed by atoms with E-state index in [1.807, 2.05) is 0 Å². The highest BCUT2D eigenvalue weighted by Gasteiger charge is 2.48. The fourth-order valence-corrected chi connectivity index (χ4v) is 2.10. The van der Waals surface area contributed by atoms with Gasteiger partial charge in [-0.3, -0.25) is 4.79 Å². The zero-order chi connectivity index (χ0) is 11.5. The van der Waals surface area contributed by atoms with E-state index in [0.29, 0.717) is 6.42 Å². The quantitative estimate of drug-likeness (QED) is 0.564. The lowest BCUT2D eigenvalue weighted by molar-refractivity contribution is -0.255. The number of halogens is 1.